The average Bonchev–Trinajstić information content (AvgIpc) is 1.64. The predicted octanol–water partition coefficient (Wildman–Crippen LogP) is -2.34. The van der Waals surface area contributed by atoms with Gasteiger partial charge >= 0.3 is 22.8 Å². The Morgan fingerprint density at radius 1 is 0.426 bits per heavy atom. The normalized spacial score (nSPS) is 27.8. The van der Waals surface area contributed by atoms with E-state index in [-0.39, 0.29) is 59.8 Å². The fourth-order valence-corrected chi connectivity index (χ4v) is 18.1. The van der Waals surface area contributed by atoms with Crippen LogP contribution in [0.3, 0.4) is 0 Å². The monoisotopic (exact) mass is 1820 g/mol. The highest BCUT2D eigenvalue weighted by Gasteiger charge is 2.50. The van der Waals surface area contributed by atoms with E-state index in [4.69, 9.17) is 28.4 Å². The van der Waals surface area contributed by atoms with Gasteiger partial charge in [-0.15, -0.1) is 65.9 Å². The van der Waals surface area contributed by atoms with Gasteiger partial charge in [0.05, 0.1) is 42.3 Å². The Hall–Kier alpha value is -7.02. The van der Waals surface area contributed by atoms with Gasteiger partial charge in [0.1, 0.15) is 79.3 Å². The summed E-state index contributed by atoms with van der Waals surface area (Å²) in [4.78, 5) is 150. The second-order valence-electron chi connectivity index (χ2n) is 34.8. The molecule has 4 aromatic heterocycles. The third-order valence-corrected chi connectivity index (χ3v) is 27.6. The van der Waals surface area contributed by atoms with Crippen LogP contribution in [0.4, 0.5) is 0 Å². The summed E-state index contributed by atoms with van der Waals surface area (Å²) >= 11 is 0. The minimum Gasteiger partial charge on any atom is -0.479 e. The number of carbonyl (C=O) groups is 4. The number of aromatic amines is 4. The summed E-state index contributed by atoms with van der Waals surface area (Å²) < 4.78 is 37.9. The first kappa shape index (κ1) is 104. The number of amides is 2. The first-order chi connectivity index (χ1) is 56.2. The first-order valence-corrected chi connectivity index (χ1v) is 54.7. The molecule has 122 heavy (non-hydrogen) atoms. The minimum absolute atomic E-state index is 0.0695. The maximum atomic E-state index is 12.1. The molecule has 0 radical (unpaired) electrons. The van der Waals surface area contributed by atoms with Crippen LogP contribution in [0.1, 0.15) is 108 Å². The highest BCUT2D eigenvalue weighted by atomic mass is 31.2. The summed E-state index contributed by atoms with van der Waals surface area (Å²) in [5, 5.41) is 108. The second-order valence-corrected chi connectivity index (χ2v) is 56.4. The van der Waals surface area contributed by atoms with E-state index in [9.17, 15) is 109 Å². The molecule has 4 unspecified atom stereocenters. The maximum Gasteiger partial charge on any atom is 0.330 e. The molecule has 6 aliphatic heterocycles. The molecule has 20 atom stereocenters. The van der Waals surface area contributed by atoms with Gasteiger partial charge in [-0.05, 0) is 157 Å². The van der Waals surface area contributed by atoms with Crippen LogP contribution in [-0.4, -0.2) is 351 Å². The third kappa shape index (κ3) is 29.5. The van der Waals surface area contributed by atoms with E-state index in [1.54, 1.807) is 24.9 Å². The Balaban J connectivity index is 0.000000236. The van der Waals surface area contributed by atoms with E-state index >= 15 is 0 Å². The van der Waals surface area contributed by atoms with Crippen molar-refractivity contribution in [2.24, 2.45) is 0 Å². The van der Waals surface area contributed by atoms with Crippen molar-refractivity contribution >= 4 is 89.3 Å². The van der Waals surface area contributed by atoms with Gasteiger partial charge in [0.15, 0.2) is 36.9 Å². The topological polar surface area (TPSA) is 573 Å². The number of Topliss-reactive ketones (excluding diaryl/α,β-unsaturated/α-hetero) is 2. The number of hydrogen-bond acceptors (Lipinski definition) is 29. The minimum atomic E-state index is -1.35. The number of carbonyl (C=O) groups excluding carboxylic acids is 4. The molecule has 0 aromatic carbocycles. The van der Waals surface area contributed by atoms with Crippen molar-refractivity contribution in [3.8, 4) is 5.75 Å². The van der Waals surface area contributed by atoms with Gasteiger partial charge < -0.3 is 95.0 Å². The zero-order valence-corrected chi connectivity index (χ0v) is 76.3. The van der Waals surface area contributed by atoms with Gasteiger partial charge in [-0.25, -0.2) is 19.2 Å². The molecule has 5 saturated heterocycles. The van der Waals surface area contributed by atoms with E-state index in [2.05, 4.69) is 122 Å². The molecule has 10 heterocycles. The van der Waals surface area contributed by atoms with E-state index in [1.165, 1.54) is 39.4 Å². The molecule has 16 N–H and O–H groups in total. The Morgan fingerprint density at radius 3 is 1.02 bits per heavy atom. The predicted molar refractivity (Wildman–Crippen MR) is 477 cm³/mol. The number of aliphatic hydroxyl groups excluding tert-OH is 10. The average molecular weight is 1820 g/mol. The fourth-order valence-electron chi connectivity index (χ4n) is 13.3. The van der Waals surface area contributed by atoms with Gasteiger partial charge in [-0.1, -0.05) is 13.5 Å². The molecule has 4 aromatic rings. The molecule has 39 nitrogen and oxygen atoms in total. The van der Waals surface area contributed by atoms with Crippen LogP contribution in [0.5, 0.6) is 5.75 Å². The molecule has 686 valence electrons. The summed E-state index contributed by atoms with van der Waals surface area (Å²) in [5.41, 5.74) is -4.36. The van der Waals surface area contributed by atoms with Crippen molar-refractivity contribution in [2.45, 2.75) is 209 Å². The summed E-state index contributed by atoms with van der Waals surface area (Å²) in [6.07, 6.45) is 14.2. The SMILES string of the molecule is C=C1NC(=O)C(C)=CN1[C@@H]1O[C@H](CCP(=C)(C)C)[C@@H](O)[C@H]1O.C=P(C)(C)CC[C@H]1OC(n2cc(CC(C)=O)c(=O)[nH]c2=O)[C@H](O)[C@@H]1O.C=P(C)(C)CC[C@H]1OC(n2cc(CC)c(=O)[nH]c2=O)[C@H](O)[C@@H]1O.C=P(C)(C)CC[C@H]1OC(n2cc(CNC(C)=O)c(=O)[nH]c2=O)[C@H](O)[C@@H]1O.C=P(C)(C)CC[C@H]1OC(n2cc(OCC(C)=O)c(=O)[nH]c2=O)[C@H](O)[C@@H]1O. The van der Waals surface area contributed by atoms with Crippen LogP contribution in [0.25, 0.3) is 0 Å². The van der Waals surface area contributed by atoms with Crippen LogP contribution in [0.15, 0.2) is 87.3 Å². The Morgan fingerprint density at radius 2 is 0.713 bits per heavy atom. The molecule has 10 rings (SSSR count). The molecule has 5 fully saturated rings. The van der Waals surface area contributed by atoms with Crippen molar-refractivity contribution in [3.05, 3.63) is 149 Å². The Labute approximate surface area is 706 Å². The lowest BCUT2D eigenvalue weighted by Gasteiger charge is -2.34. The fraction of sp³-hybridized carbons (Fsp3) is 0.628. The summed E-state index contributed by atoms with van der Waals surface area (Å²) in [6.45, 7) is 25.0. The standard InChI is InChI=1S/C16H26N3O6P.C16H25N2O7P.C16H25N2O6P.C15H25N2O5P.C15H25N2O4P/c1-9(20)17-7-10-8-19(16(24)18-14(10)23)15-13(22)12(21)11(25-15)5-6-26(2,3)4;1-9(19)8-24-11-7-18(16(23)17-14(11)22)15-13(21)12(20)10(25-15)5-6-26(2,3)4;1-9(19)7-10-8-18(16(23)17-14(10)22)15-13(21)12(20)11(24-15)5-6-25(2,3)4;1-5-9-8-17(15(21)16-13(9)20)14-12(19)11(18)10(22-14)6-7-23(2,3)4;1-9-8-17(10(2)16-14(9)20)15-13(19)12(18)11(21-15)6-7-22(3,4)5/h8,11-13,15,21-22H,2,5-7H2,1,3-4H3,(H,17,20)(H,18,23,24);7,10,12-13,15,20-21H,2,5-6,8H2,1,3-4H3,(H,17,22,23);8,11-13,15,20-21H,2,5-7H2,1,3-4H3,(H,17,22,23);8,10-12,14,18-19H,2,5-7H2,1,3-4H3,(H,16,20,21);8,11-13,15,18-19H,2-3,6-7H2,1,4-5H3,(H,16,20)/t11-,12-,13-,15?;10-,12-,13-,15?;11-,12-,13-,15?;10-,11-,12-,14?;11-,12-,13-,15-/m11111/s1. The van der Waals surface area contributed by atoms with Crippen LogP contribution in [-0.2, 0) is 62.2 Å². The van der Waals surface area contributed by atoms with E-state index in [0.29, 0.717) is 55.5 Å². The highest BCUT2D eigenvalue weighted by molar-refractivity contribution is 7.73. The van der Waals surface area contributed by atoms with Crippen LogP contribution in [0.2, 0.25) is 0 Å². The second kappa shape index (κ2) is 43.5. The molecule has 6 aliphatic rings. The van der Waals surface area contributed by atoms with E-state index in [1.807, 2.05) is 13.3 Å². The molecular weight excluding hydrogens is 1690 g/mol. The number of ketones is 2. The lowest BCUT2D eigenvalue weighted by Crippen LogP contribution is -2.47. The van der Waals surface area contributed by atoms with Crippen LogP contribution in [0, 0.1) is 0 Å². The van der Waals surface area contributed by atoms with Gasteiger partial charge in [-0.3, -0.25) is 76.6 Å². The summed E-state index contributed by atoms with van der Waals surface area (Å²) in [6, 6.07) is 0. The summed E-state index contributed by atoms with van der Waals surface area (Å²) in [7, 11) is 0. The Bertz CT molecular complexity index is 5050. The number of aromatic nitrogens is 8. The molecule has 44 heteroatoms. The molecule has 0 saturated carbocycles. The molecule has 2 amide bonds. The Kier molecular flexibility index (Phi) is 37.0. The number of rotatable bonds is 28. The largest absolute Gasteiger partial charge is 0.479 e. The summed E-state index contributed by atoms with van der Waals surface area (Å²) in [5.74, 6) is -1.00. The van der Waals surface area contributed by atoms with E-state index < -0.39 is 202 Å². The lowest BCUT2D eigenvalue weighted by atomic mass is 10.1. The number of hydrogen-bond donors (Lipinski definition) is 16. The number of nitrogens with one attached hydrogen (secondary N) is 6. The van der Waals surface area contributed by atoms with Gasteiger partial charge in [-0.2, -0.15) is 0 Å². The number of aliphatic hydroxyl groups is 10. The van der Waals surface area contributed by atoms with Crippen molar-refractivity contribution in [1.82, 2.24) is 53.7 Å². The van der Waals surface area contributed by atoms with Crippen molar-refractivity contribution in [1.29, 1.82) is 0 Å². The molecular formula is C78H126N11O28P5. The maximum absolute atomic E-state index is 12.1. The zero-order valence-electron chi connectivity index (χ0n) is 71.9. The number of aryl methyl sites for hydroxylation is 1. The smallest absolute Gasteiger partial charge is 0.330 e. The third-order valence-electron chi connectivity index (χ3n) is 20.3. The molecule has 0 bridgehead atoms. The number of ether oxygens (including phenoxy) is 6. The van der Waals surface area contributed by atoms with Crippen LogP contribution < -0.4 is 60.4 Å². The van der Waals surface area contributed by atoms with Gasteiger partial charge in [0.25, 0.3) is 28.1 Å². The quantitative estimate of drug-likeness (QED) is 0.0265. The van der Waals surface area contributed by atoms with E-state index in [0.717, 1.165) is 55.3 Å². The zero-order chi connectivity index (χ0) is 92.2. The number of H-pyrrole nitrogens is 4. The molecule has 0 aliphatic carbocycles. The molecule has 0 spiro atoms. The van der Waals surface area contributed by atoms with Gasteiger partial charge in [0, 0.05) is 61.4 Å². The highest BCUT2D eigenvalue weighted by Crippen LogP contribution is 2.44. The lowest BCUT2D eigenvalue weighted by molar-refractivity contribution is -0.120. The van der Waals surface area contributed by atoms with Gasteiger partial charge in [0.2, 0.25) is 11.7 Å². The van der Waals surface area contributed by atoms with Crippen LogP contribution >= 0.6 is 34.4 Å². The van der Waals surface area contributed by atoms with Crippen molar-refractivity contribution in [2.75, 3.05) is 104 Å². The van der Waals surface area contributed by atoms with Crippen molar-refractivity contribution in [3.63, 3.8) is 0 Å². The first-order valence-electron chi connectivity index (χ1n) is 39.4. The van der Waals surface area contributed by atoms with Crippen molar-refractivity contribution < 1.29 is 98.7 Å². The number of nitrogens with zero attached hydrogens (tertiary/aromatic N) is 5.